The molecule has 0 spiro atoms. The maximum absolute atomic E-state index is 12.9. The molecule has 4 bridgehead atoms. The van der Waals surface area contributed by atoms with Crippen LogP contribution in [0.2, 0.25) is 0 Å². The van der Waals surface area contributed by atoms with Crippen molar-refractivity contribution in [2.45, 2.75) is 43.4 Å². The lowest BCUT2D eigenvalue weighted by Gasteiger charge is -2.55. The number of morpholine rings is 1. The van der Waals surface area contributed by atoms with Crippen LogP contribution in [0.15, 0.2) is 29.2 Å². The second-order valence-electron chi connectivity index (χ2n) is 9.86. The third kappa shape index (κ3) is 4.18. The largest absolute Gasteiger partial charge is 0.455 e. The molecule has 8 nitrogen and oxygen atoms in total. The van der Waals surface area contributed by atoms with Crippen molar-refractivity contribution in [1.82, 2.24) is 4.31 Å². The number of sulfonamides is 1. The summed E-state index contributed by atoms with van der Waals surface area (Å²) in [6, 6.07) is 6.04. The molecule has 174 valence electrons. The van der Waals surface area contributed by atoms with Gasteiger partial charge in [0.05, 0.1) is 23.5 Å². The molecule has 1 aliphatic heterocycles. The Morgan fingerprint density at radius 2 is 1.56 bits per heavy atom. The number of ether oxygens (including phenoxy) is 2. The normalized spacial score (nSPS) is 31.9. The Hall–Kier alpha value is -1.97. The number of carbonyl (C=O) groups excluding carboxylic acids is 2. The number of nitrogens with zero attached hydrogens (tertiary/aromatic N) is 1. The molecule has 1 amide bonds. The van der Waals surface area contributed by atoms with Crippen molar-refractivity contribution in [3.8, 4) is 0 Å². The molecule has 32 heavy (non-hydrogen) atoms. The molecule has 9 heteroatoms. The molecule has 0 aromatic heterocycles. The summed E-state index contributed by atoms with van der Waals surface area (Å²) in [5, 5.41) is 2.68. The first-order valence-corrected chi connectivity index (χ1v) is 12.9. The van der Waals surface area contributed by atoms with Gasteiger partial charge in [0, 0.05) is 18.8 Å². The fraction of sp³-hybridized carbons (Fsp3) is 0.652. The van der Waals surface area contributed by atoms with Gasteiger partial charge in [0.25, 0.3) is 5.91 Å². The minimum absolute atomic E-state index is 0.172. The Bertz CT molecular complexity index is 949. The third-order valence-corrected chi connectivity index (χ3v) is 9.46. The monoisotopic (exact) mass is 462 g/mol. The average Bonchev–Trinajstić information content (AvgIpc) is 2.77. The first kappa shape index (κ1) is 21.9. The summed E-state index contributed by atoms with van der Waals surface area (Å²) in [6.45, 7) is 1.10. The van der Waals surface area contributed by atoms with E-state index in [1.165, 1.54) is 35.7 Å². The number of benzene rings is 1. The van der Waals surface area contributed by atoms with Gasteiger partial charge in [0.15, 0.2) is 6.61 Å². The second-order valence-corrected chi connectivity index (χ2v) is 11.8. The zero-order valence-corrected chi connectivity index (χ0v) is 18.9. The van der Waals surface area contributed by atoms with Gasteiger partial charge in [0.2, 0.25) is 10.0 Å². The van der Waals surface area contributed by atoms with Crippen molar-refractivity contribution in [1.29, 1.82) is 0 Å². The number of rotatable bonds is 6. The number of amides is 1. The first-order valence-electron chi connectivity index (χ1n) is 11.5. The maximum atomic E-state index is 12.9. The predicted molar refractivity (Wildman–Crippen MR) is 116 cm³/mol. The van der Waals surface area contributed by atoms with E-state index in [1.807, 2.05) is 0 Å². The first-order chi connectivity index (χ1) is 15.3. The van der Waals surface area contributed by atoms with E-state index in [0.29, 0.717) is 49.7 Å². The molecule has 5 fully saturated rings. The number of esters is 1. The van der Waals surface area contributed by atoms with Gasteiger partial charge in [-0.25, -0.2) is 8.42 Å². The van der Waals surface area contributed by atoms with Crippen LogP contribution in [0.25, 0.3) is 0 Å². The molecule has 1 aromatic carbocycles. The summed E-state index contributed by atoms with van der Waals surface area (Å²) >= 11 is 0. The molecule has 0 unspecified atom stereocenters. The summed E-state index contributed by atoms with van der Waals surface area (Å²) in [5.74, 6) is 1.25. The van der Waals surface area contributed by atoms with Gasteiger partial charge in [-0.3, -0.25) is 9.59 Å². The van der Waals surface area contributed by atoms with Crippen molar-refractivity contribution >= 4 is 27.6 Å². The summed E-state index contributed by atoms with van der Waals surface area (Å²) < 4.78 is 37.4. The van der Waals surface area contributed by atoms with Crippen molar-refractivity contribution in [3.63, 3.8) is 0 Å². The summed E-state index contributed by atoms with van der Waals surface area (Å²) in [6.07, 6.45) is 6.43. The van der Waals surface area contributed by atoms with E-state index in [-0.39, 0.29) is 22.9 Å². The van der Waals surface area contributed by atoms with Crippen LogP contribution in [0.4, 0.5) is 5.69 Å². The molecule has 5 aliphatic rings. The highest BCUT2D eigenvalue weighted by Crippen LogP contribution is 2.60. The fourth-order valence-electron chi connectivity index (χ4n) is 6.49. The van der Waals surface area contributed by atoms with Crippen molar-refractivity contribution in [2.24, 2.45) is 23.2 Å². The van der Waals surface area contributed by atoms with Crippen LogP contribution in [-0.2, 0) is 29.1 Å². The zero-order valence-electron chi connectivity index (χ0n) is 18.1. The Labute approximate surface area is 188 Å². The van der Waals surface area contributed by atoms with E-state index in [9.17, 15) is 18.0 Å². The maximum Gasteiger partial charge on any atom is 0.312 e. The summed E-state index contributed by atoms with van der Waals surface area (Å²) in [5.41, 5.74) is 0.0756. The zero-order chi connectivity index (χ0) is 22.3. The lowest BCUT2D eigenvalue weighted by Crippen LogP contribution is -2.50. The van der Waals surface area contributed by atoms with Crippen LogP contribution in [0.1, 0.15) is 38.5 Å². The topological polar surface area (TPSA) is 102 Å². The number of hydrogen-bond donors (Lipinski definition) is 1. The predicted octanol–water partition coefficient (Wildman–Crippen LogP) is 2.41. The highest BCUT2D eigenvalue weighted by atomic mass is 32.2. The van der Waals surface area contributed by atoms with E-state index in [0.717, 1.165) is 19.3 Å². The molecule has 4 aliphatic carbocycles. The van der Waals surface area contributed by atoms with Gasteiger partial charge in [-0.15, -0.1) is 0 Å². The Morgan fingerprint density at radius 1 is 1.00 bits per heavy atom. The highest BCUT2D eigenvalue weighted by molar-refractivity contribution is 7.89. The van der Waals surface area contributed by atoms with Gasteiger partial charge in [-0.05, 0) is 80.5 Å². The highest BCUT2D eigenvalue weighted by Gasteiger charge is 2.55. The van der Waals surface area contributed by atoms with Crippen molar-refractivity contribution in [2.75, 3.05) is 38.2 Å². The lowest BCUT2D eigenvalue weighted by molar-refractivity contribution is -0.172. The second kappa shape index (κ2) is 8.43. The molecule has 1 aromatic rings. The smallest absolute Gasteiger partial charge is 0.312 e. The van der Waals surface area contributed by atoms with Crippen LogP contribution in [0, 0.1) is 23.2 Å². The van der Waals surface area contributed by atoms with Crippen LogP contribution in [0.5, 0.6) is 0 Å². The Morgan fingerprint density at radius 3 is 2.12 bits per heavy atom. The molecule has 0 atom stereocenters. The standard InChI is InChI=1S/C23H30N2O6S/c26-21(15-31-22(27)23-12-16-9-17(13-23)11-18(10-16)14-23)24-19-1-3-20(4-2-19)32(28,29)25-5-7-30-8-6-25/h1-4,16-18H,5-15H2,(H,24,26). The quantitative estimate of drug-likeness (QED) is 0.652. The van der Waals surface area contributed by atoms with Crippen LogP contribution >= 0.6 is 0 Å². The van der Waals surface area contributed by atoms with E-state index in [4.69, 9.17) is 9.47 Å². The number of hydrogen-bond acceptors (Lipinski definition) is 6. The van der Waals surface area contributed by atoms with Crippen molar-refractivity contribution < 1.29 is 27.5 Å². The lowest BCUT2D eigenvalue weighted by atomic mass is 9.49. The molecular formula is C23H30N2O6S. The number of anilines is 1. The minimum atomic E-state index is -3.58. The summed E-state index contributed by atoms with van der Waals surface area (Å²) in [7, 11) is -3.58. The van der Waals surface area contributed by atoms with Crippen molar-refractivity contribution in [3.05, 3.63) is 24.3 Å². The van der Waals surface area contributed by atoms with E-state index in [2.05, 4.69) is 5.32 Å². The van der Waals surface area contributed by atoms with Gasteiger partial charge in [-0.2, -0.15) is 4.31 Å². The SMILES string of the molecule is O=C(COC(=O)C12CC3CC(CC(C3)C1)C2)Nc1ccc(S(=O)(=O)N2CCOCC2)cc1. The Kier molecular flexibility index (Phi) is 5.75. The fourth-order valence-corrected chi connectivity index (χ4v) is 7.90. The van der Waals surface area contributed by atoms with Gasteiger partial charge in [-0.1, -0.05) is 0 Å². The van der Waals surface area contributed by atoms with E-state index < -0.39 is 15.9 Å². The van der Waals surface area contributed by atoms with Gasteiger partial charge < -0.3 is 14.8 Å². The van der Waals surface area contributed by atoms with Crippen LogP contribution < -0.4 is 5.32 Å². The van der Waals surface area contributed by atoms with Gasteiger partial charge >= 0.3 is 5.97 Å². The Balaban J connectivity index is 1.15. The van der Waals surface area contributed by atoms with E-state index in [1.54, 1.807) is 12.1 Å². The molecule has 1 saturated heterocycles. The van der Waals surface area contributed by atoms with Gasteiger partial charge in [0.1, 0.15) is 0 Å². The molecule has 1 heterocycles. The molecular weight excluding hydrogens is 432 g/mol. The molecule has 6 rings (SSSR count). The number of carbonyl (C=O) groups is 2. The van der Waals surface area contributed by atoms with E-state index >= 15 is 0 Å². The molecule has 0 radical (unpaired) electrons. The minimum Gasteiger partial charge on any atom is -0.455 e. The molecule has 1 N–H and O–H groups in total. The van der Waals surface area contributed by atoms with Crippen LogP contribution in [0.3, 0.4) is 0 Å². The molecule has 4 saturated carbocycles. The van der Waals surface area contributed by atoms with Crippen LogP contribution in [-0.4, -0.2) is 57.5 Å². The average molecular weight is 463 g/mol. The number of nitrogens with one attached hydrogen (secondary N) is 1. The third-order valence-electron chi connectivity index (χ3n) is 7.55. The summed E-state index contributed by atoms with van der Waals surface area (Å²) in [4.78, 5) is 25.4.